The van der Waals surface area contributed by atoms with Crippen molar-refractivity contribution in [1.82, 2.24) is 0 Å². The number of hydrogen-bond donors (Lipinski definition) is 0. The summed E-state index contributed by atoms with van der Waals surface area (Å²) in [6.07, 6.45) is 1.21. The van der Waals surface area contributed by atoms with Crippen LogP contribution in [-0.2, 0) is 24.1 Å². The molecular formula is C9H12O5. The van der Waals surface area contributed by atoms with E-state index in [9.17, 15) is 9.59 Å². The molecule has 1 aliphatic rings. The molecule has 78 valence electrons. The van der Waals surface area contributed by atoms with Gasteiger partial charge in [0.2, 0.25) is 0 Å². The number of carbonyl (C=O) groups excluding carboxylic acids is 2. The van der Waals surface area contributed by atoms with Crippen molar-refractivity contribution in [2.75, 3.05) is 13.2 Å². The summed E-state index contributed by atoms with van der Waals surface area (Å²) in [4.78, 5) is 31.1. The van der Waals surface area contributed by atoms with Crippen LogP contribution in [-0.4, -0.2) is 25.2 Å². The molecule has 0 aromatic heterocycles. The van der Waals surface area contributed by atoms with E-state index in [0.29, 0.717) is 26.1 Å². The number of ether oxygens (including phenoxy) is 1. The number of carbonyl (C=O) groups is 2. The van der Waals surface area contributed by atoms with Crippen LogP contribution < -0.4 is 0 Å². The fraction of sp³-hybridized carbons (Fsp3) is 0.556. The van der Waals surface area contributed by atoms with Crippen LogP contribution in [0.15, 0.2) is 12.2 Å². The highest BCUT2D eigenvalue weighted by Crippen LogP contribution is 2.06. The van der Waals surface area contributed by atoms with Gasteiger partial charge in [-0.2, -0.15) is 4.89 Å². The highest BCUT2D eigenvalue weighted by atomic mass is 17.2. The SMILES string of the molecule is C=C1CC(=O)OCCCCOOC1=O. The molecule has 14 heavy (non-hydrogen) atoms. The van der Waals surface area contributed by atoms with E-state index in [1.165, 1.54) is 0 Å². The Balaban J connectivity index is 2.50. The van der Waals surface area contributed by atoms with Crippen molar-refractivity contribution in [3.05, 3.63) is 12.2 Å². The highest BCUT2D eigenvalue weighted by molar-refractivity contribution is 5.92. The maximum absolute atomic E-state index is 11.0. The molecule has 0 unspecified atom stereocenters. The molecule has 0 aliphatic carbocycles. The molecule has 5 heteroatoms. The summed E-state index contributed by atoms with van der Waals surface area (Å²) in [5, 5.41) is 0. The Hall–Kier alpha value is -1.36. The van der Waals surface area contributed by atoms with Gasteiger partial charge < -0.3 is 4.74 Å². The predicted molar refractivity (Wildman–Crippen MR) is 46.0 cm³/mol. The third kappa shape index (κ3) is 3.57. The fourth-order valence-electron chi connectivity index (χ4n) is 0.901. The minimum absolute atomic E-state index is 0.0388. The van der Waals surface area contributed by atoms with E-state index >= 15 is 0 Å². The first kappa shape index (κ1) is 10.7. The zero-order chi connectivity index (χ0) is 10.4. The molecule has 0 amide bonds. The Morgan fingerprint density at radius 1 is 1.14 bits per heavy atom. The largest absolute Gasteiger partial charge is 0.465 e. The summed E-state index contributed by atoms with van der Waals surface area (Å²) in [5.41, 5.74) is 0.0388. The Morgan fingerprint density at radius 3 is 2.64 bits per heavy atom. The van der Waals surface area contributed by atoms with Gasteiger partial charge in [0.05, 0.1) is 19.6 Å². The van der Waals surface area contributed by atoms with E-state index in [4.69, 9.17) is 4.74 Å². The van der Waals surface area contributed by atoms with Gasteiger partial charge in [0.25, 0.3) is 0 Å². The summed E-state index contributed by atoms with van der Waals surface area (Å²) in [7, 11) is 0. The van der Waals surface area contributed by atoms with Crippen LogP contribution in [0.4, 0.5) is 0 Å². The summed E-state index contributed by atoms with van der Waals surface area (Å²) >= 11 is 0. The molecule has 1 fully saturated rings. The second-order valence-electron chi connectivity index (χ2n) is 2.90. The summed E-state index contributed by atoms with van der Waals surface area (Å²) in [6, 6.07) is 0. The van der Waals surface area contributed by atoms with Gasteiger partial charge in [-0.3, -0.25) is 9.68 Å². The molecule has 0 spiro atoms. The van der Waals surface area contributed by atoms with Gasteiger partial charge in [0.1, 0.15) is 0 Å². The lowest BCUT2D eigenvalue weighted by molar-refractivity contribution is -0.268. The van der Waals surface area contributed by atoms with Crippen LogP contribution in [0.25, 0.3) is 0 Å². The predicted octanol–water partition coefficient (Wildman–Crippen LogP) is 0.744. The molecule has 0 N–H and O–H groups in total. The average Bonchev–Trinajstić information content (AvgIpc) is 2.17. The lowest BCUT2D eigenvalue weighted by Gasteiger charge is -2.02. The van der Waals surface area contributed by atoms with Crippen molar-refractivity contribution in [3.63, 3.8) is 0 Å². The number of hydrogen-bond acceptors (Lipinski definition) is 5. The normalized spacial score (nSPS) is 20.7. The molecule has 0 aromatic rings. The van der Waals surface area contributed by atoms with Gasteiger partial charge in [-0.25, -0.2) is 4.79 Å². The Labute approximate surface area is 81.6 Å². The first-order chi connectivity index (χ1) is 6.70. The van der Waals surface area contributed by atoms with E-state index in [1.54, 1.807) is 0 Å². The molecule has 0 saturated carbocycles. The third-order valence-electron chi connectivity index (χ3n) is 1.67. The Kier molecular flexibility index (Phi) is 4.12. The molecule has 0 bridgehead atoms. The van der Waals surface area contributed by atoms with Crippen LogP contribution in [0.2, 0.25) is 0 Å². The highest BCUT2D eigenvalue weighted by Gasteiger charge is 2.15. The summed E-state index contributed by atoms with van der Waals surface area (Å²) in [6.45, 7) is 4.03. The van der Waals surface area contributed by atoms with Gasteiger partial charge in [0.15, 0.2) is 0 Å². The van der Waals surface area contributed by atoms with E-state index in [-0.39, 0.29) is 12.0 Å². The molecule has 0 aromatic carbocycles. The second-order valence-corrected chi connectivity index (χ2v) is 2.90. The van der Waals surface area contributed by atoms with Crippen molar-refractivity contribution in [2.45, 2.75) is 19.3 Å². The van der Waals surface area contributed by atoms with Gasteiger partial charge >= 0.3 is 11.9 Å². The maximum atomic E-state index is 11.0. The molecule has 0 atom stereocenters. The van der Waals surface area contributed by atoms with E-state index in [0.717, 1.165) is 0 Å². The van der Waals surface area contributed by atoms with Gasteiger partial charge in [-0.1, -0.05) is 6.58 Å². The van der Waals surface area contributed by atoms with Crippen molar-refractivity contribution in [3.8, 4) is 0 Å². The smallest absolute Gasteiger partial charge is 0.369 e. The molecule has 5 nitrogen and oxygen atoms in total. The lowest BCUT2D eigenvalue weighted by Crippen LogP contribution is -2.12. The minimum atomic E-state index is -0.719. The average molecular weight is 200 g/mol. The van der Waals surface area contributed by atoms with Crippen molar-refractivity contribution < 1.29 is 24.1 Å². The topological polar surface area (TPSA) is 61.8 Å². The molecule has 1 aliphatic heterocycles. The summed E-state index contributed by atoms with van der Waals surface area (Å²) < 4.78 is 4.83. The van der Waals surface area contributed by atoms with Crippen LogP contribution in [0.3, 0.4) is 0 Å². The van der Waals surface area contributed by atoms with Crippen LogP contribution in [0.1, 0.15) is 19.3 Å². The van der Waals surface area contributed by atoms with E-state index in [1.807, 2.05) is 0 Å². The van der Waals surface area contributed by atoms with Crippen molar-refractivity contribution in [2.24, 2.45) is 0 Å². The number of cyclic esters (lactones) is 1. The monoisotopic (exact) mass is 200 g/mol. The van der Waals surface area contributed by atoms with Crippen LogP contribution in [0, 0.1) is 0 Å². The number of esters is 1. The second kappa shape index (κ2) is 5.39. The van der Waals surface area contributed by atoms with Gasteiger partial charge in [-0.15, -0.1) is 0 Å². The zero-order valence-corrected chi connectivity index (χ0v) is 7.78. The van der Waals surface area contributed by atoms with Gasteiger partial charge in [-0.05, 0) is 12.8 Å². The first-order valence-corrected chi connectivity index (χ1v) is 4.37. The maximum Gasteiger partial charge on any atom is 0.369 e. The Morgan fingerprint density at radius 2 is 1.86 bits per heavy atom. The molecule has 1 rings (SSSR count). The quantitative estimate of drug-likeness (QED) is 0.328. The van der Waals surface area contributed by atoms with Gasteiger partial charge in [0, 0.05) is 5.57 Å². The standard InChI is InChI=1S/C9H12O5/c1-7-6-8(10)12-4-2-3-5-13-14-9(7)11/h1-6H2. The van der Waals surface area contributed by atoms with Crippen LogP contribution >= 0.6 is 0 Å². The number of rotatable bonds is 0. The van der Waals surface area contributed by atoms with Crippen LogP contribution in [0.5, 0.6) is 0 Å². The van der Waals surface area contributed by atoms with E-state index < -0.39 is 11.9 Å². The van der Waals surface area contributed by atoms with Crippen molar-refractivity contribution >= 4 is 11.9 Å². The minimum Gasteiger partial charge on any atom is -0.465 e. The van der Waals surface area contributed by atoms with Crippen molar-refractivity contribution in [1.29, 1.82) is 0 Å². The Bertz CT molecular complexity index is 246. The first-order valence-electron chi connectivity index (χ1n) is 4.37. The van der Waals surface area contributed by atoms with E-state index in [2.05, 4.69) is 16.4 Å². The molecule has 0 radical (unpaired) electrons. The molecule has 1 heterocycles. The lowest BCUT2D eigenvalue weighted by atomic mass is 10.2. The zero-order valence-electron chi connectivity index (χ0n) is 7.78. The molecule has 1 saturated heterocycles. The fourth-order valence-corrected chi connectivity index (χ4v) is 0.901. The molecular weight excluding hydrogens is 188 g/mol. The summed E-state index contributed by atoms with van der Waals surface area (Å²) in [5.74, 6) is -1.18. The third-order valence-corrected chi connectivity index (χ3v) is 1.67.